The number of rotatable bonds is 2. The summed E-state index contributed by atoms with van der Waals surface area (Å²) in [4.78, 5) is 0. The average Bonchev–Trinajstić information content (AvgIpc) is 2.16. The SMILES string of the molecule is FC(C(F)(F)F)C(F)(F)c1ccccc1. The van der Waals surface area contributed by atoms with Crippen LogP contribution in [0.4, 0.5) is 26.3 Å². The lowest BCUT2D eigenvalue weighted by Gasteiger charge is -2.22. The van der Waals surface area contributed by atoms with Gasteiger partial charge >= 0.3 is 12.1 Å². The van der Waals surface area contributed by atoms with Gasteiger partial charge in [0.15, 0.2) is 0 Å². The van der Waals surface area contributed by atoms with Crippen LogP contribution in [0.15, 0.2) is 30.3 Å². The summed E-state index contributed by atoms with van der Waals surface area (Å²) >= 11 is 0. The molecule has 1 atom stereocenters. The molecule has 0 aliphatic carbocycles. The summed E-state index contributed by atoms with van der Waals surface area (Å²) in [5.41, 5.74) is -0.991. The van der Waals surface area contributed by atoms with E-state index in [0.29, 0.717) is 0 Å². The van der Waals surface area contributed by atoms with Gasteiger partial charge in [-0.3, -0.25) is 0 Å². The van der Waals surface area contributed by atoms with Crippen molar-refractivity contribution in [2.45, 2.75) is 18.3 Å². The van der Waals surface area contributed by atoms with E-state index in [1.54, 1.807) is 0 Å². The number of halogens is 6. The fourth-order valence-electron chi connectivity index (χ4n) is 1.01. The van der Waals surface area contributed by atoms with Gasteiger partial charge in [-0.15, -0.1) is 0 Å². The molecule has 0 saturated heterocycles. The number of benzene rings is 1. The molecule has 0 nitrogen and oxygen atoms in total. The van der Waals surface area contributed by atoms with Crippen LogP contribution in [0.1, 0.15) is 5.56 Å². The molecule has 0 radical (unpaired) electrons. The predicted molar refractivity (Wildman–Crippen MR) is 41.3 cm³/mol. The molecule has 0 amide bonds. The van der Waals surface area contributed by atoms with Crippen molar-refractivity contribution in [3.05, 3.63) is 35.9 Å². The molecule has 84 valence electrons. The second-order valence-electron chi connectivity index (χ2n) is 2.89. The lowest BCUT2D eigenvalue weighted by atomic mass is 10.0. The van der Waals surface area contributed by atoms with E-state index in [2.05, 4.69) is 0 Å². The molecule has 0 N–H and O–H groups in total. The Bertz CT molecular complexity index is 315. The molecule has 0 fully saturated rings. The molecule has 6 heteroatoms. The highest BCUT2D eigenvalue weighted by Crippen LogP contribution is 2.41. The highest BCUT2D eigenvalue weighted by molar-refractivity contribution is 5.21. The van der Waals surface area contributed by atoms with Crippen LogP contribution < -0.4 is 0 Å². The third-order valence-corrected chi connectivity index (χ3v) is 1.76. The number of hydrogen-bond acceptors (Lipinski definition) is 0. The first-order chi connectivity index (χ1) is 6.76. The van der Waals surface area contributed by atoms with E-state index in [1.807, 2.05) is 0 Å². The van der Waals surface area contributed by atoms with Crippen LogP contribution in [0.2, 0.25) is 0 Å². The lowest BCUT2D eigenvalue weighted by molar-refractivity contribution is -0.248. The second-order valence-corrected chi connectivity index (χ2v) is 2.89. The topological polar surface area (TPSA) is 0 Å². The van der Waals surface area contributed by atoms with Crippen molar-refractivity contribution in [1.29, 1.82) is 0 Å². The normalized spacial score (nSPS) is 15.1. The van der Waals surface area contributed by atoms with Crippen LogP contribution in [-0.2, 0) is 5.92 Å². The molecule has 0 heterocycles. The summed E-state index contributed by atoms with van der Waals surface area (Å²) in [5, 5.41) is 0. The quantitative estimate of drug-likeness (QED) is 0.677. The van der Waals surface area contributed by atoms with Crippen molar-refractivity contribution < 1.29 is 26.3 Å². The fourth-order valence-corrected chi connectivity index (χ4v) is 1.01. The first-order valence-corrected chi connectivity index (χ1v) is 3.90. The molecule has 15 heavy (non-hydrogen) atoms. The van der Waals surface area contributed by atoms with Crippen molar-refractivity contribution in [2.24, 2.45) is 0 Å². The molecule has 0 aliphatic heterocycles. The molecule has 1 aromatic carbocycles. The molecule has 0 aromatic heterocycles. The smallest absolute Gasteiger partial charge is 0.230 e. The maximum absolute atomic E-state index is 13.0. The highest BCUT2D eigenvalue weighted by Gasteiger charge is 2.57. The number of alkyl halides is 6. The van der Waals surface area contributed by atoms with Gasteiger partial charge in [0.25, 0.3) is 6.17 Å². The molecule has 0 aliphatic rings. The van der Waals surface area contributed by atoms with Gasteiger partial charge in [-0.1, -0.05) is 30.3 Å². The zero-order chi connectivity index (χ0) is 11.7. The molecular formula is C9H6F6. The van der Waals surface area contributed by atoms with E-state index in [9.17, 15) is 26.3 Å². The van der Waals surface area contributed by atoms with Gasteiger partial charge < -0.3 is 0 Å². The second kappa shape index (κ2) is 3.75. The minimum Gasteiger partial charge on any atom is -0.230 e. The minimum absolute atomic E-state index is 0.748. The zero-order valence-corrected chi connectivity index (χ0v) is 7.23. The molecule has 0 bridgehead atoms. The Kier molecular flexibility index (Phi) is 2.97. The standard InChI is InChI=1S/C9H6F6/c10-7(9(13,14)15)8(11,12)6-4-2-1-3-5-6/h1-5,7H. The first-order valence-electron chi connectivity index (χ1n) is 3.90. The summed E-state index contributed by atoms with van der Waals surface area (Å²) in [7, 11) is 0. The van der Waals surface area contributed by atoms with Gasteiger partial charge in [0, 0.05) is 5.56 Å². The van der Waals surface area contributed by atoms with Gasteiger partial charge in [0.05, 0.1) is 0 Å². The minimum atomic E-state index is -5.57. The van der Waals surface area contributed by atoms with Gasteiger partial charge in [-0.25, -0.2) is 4.39 Å². The average molecular weight is 228 g/mol. The summed E-state index contributed by atoms with van der Waals surface area (Å²) in [5.74, 6) is -4.56. The number of hydrogen-bond donors (Lipinski definition) is 0. The highest BCUT2D eigenvalue weighted by atomic mass is 19.4. The maximum atomic E-state index is 13.0. The van der Waals surface area contributed by atoms with E-state index in [-0.39, 0.29) is 0 Å². The van der Waals surface area contributed by atoms with E-state index < -0.39 is 23.8 Å². The monoisotopic (exact) mass is 228 g/mol. The molecule has 0 spiro atoms. The molecule has 1 rings (SSSR count). The van der Waals surface area contributed by atoms with Gasteiger partial charge in [0.2, 0.25) is 0 Å². The van der Waals surface area contributed by atoms with E-state index >= 15 is 0 Å². The summed E-state index contributed by atoms with van der Waals surface area (Å²) in [6.07, 6.45) is -9.76. The third kappa shape index (κ3) is 2.43. The van der Waals surface area contributed by atoms with Crippen molar-refractivity contribution in [1.82, 2.24) is 0 Å². The maximum Gasteiger partial charge on any atom is 0.426 e. The molecular weight excluding hydrogens is 222 g/mol. The van der Waals surface area contributed by atoms with Crippen LogP contribution in [-0.4, -0.2) is 12.3 Å². The Labute approximate surface area is 81.5 Å². The molecule has 1 aromatic rings. The van der Waals surface area contributed by atoms with Crippen LogP contribution in [0.3, 0.4) is 0 Å². The Morgan fingerprint density at radius 3 is 1.73 bits per heavy atom. The van der Waals surface area contributed by atoms with E-state index in [0.717, 1.165) is 24.3 Å². The molecule has 1 unspecified atom stereocenters. The summed E-state index contributed by atoms with van der Waals surface area (Å²) < 4.78 is 73.7. The third-order valence-electron chi connectivity index (χ3n) is 1.76. The Hall–Kier alpha value is -1.20. The fraction of sp³-hybridized carbons (Fsp3) is 0.333. The van der Waals surface area contributed by atoms with Gasteiger partial charge in [-0.2, -0.15) is 22.0 Å². The Balaban J connectivity index is 3.03. The van der Waals surface area contributed by atoms with Crippen molar-refractivity contribution >= 4 is 0 Å². The van der Waals surface area contributed by atoms with E-state index in [4.69, 9.17) is 0 Å². The lowest BCUT2D eigenvalue weighted by Crippen LogP contribution is -2.39. The van der Waals surface area contributed by atoms with Gasteiger partial charge in [-0.05, 0) is 0 Å². The van der Waals surface area contributed by atoms with E-state index in [1.165, 1.54) is 6.07 Å². The largest absolute Gasteiger partial charge is 0.426 e. The zero-order valence-electron chi connectivity index (χ0n) is 7.23. The van der Waals surface area contributed by atoms with Crippen molar-refractivity contribution in [2.75, 3.05) is 0 Å². The predicted octanol–water partition coefficient (Wildman–Crippen LogP) is 3.68. The summed E-state index contributed by atoms with van der Waals surface area (Å²) in [6.45, 7) is 0. The van der Waals surface area contributed by atoms with Crippen LogP contribution in [0.5, 0.6) is 0 Å². The van der Waals surface area contributed by atoms with Gasteiger partial charge in [0.1, 0.15) is 0 Å². The van der Waals surface area contributed by atoms with Crippen molar-refractivity contribution in [3.8, 4) is 0 Å². The van der Waals surface area contributed by atoms with Crippen LogP contribution in [0, 0.1) is 0 Å². The Morgan fingerprint density at radius 1 is 0.867 bits per heavy atom. The molecule has 0 saturated carbocycles. The van der Waals surface area contributed by atoms with Crippen LogP contribution >= 0.6 is 0 Å². The Morgan fingerprint density at radius 2 is 1.33 bits per heavy atom. The first kappa shape index (κ1) is 11.9. The van der Waals surface area contributed by atoms with Crippen LogP contribution in [0.25, 0.3) is 0 Å². The summed E-state index contributed by atoms with van der Waals surface area (Å²) in [6, 6.07) is 5.08. The van der Waals surface area contributed by atoms with Crippen molar-refractivity contribution in [3.63, 3.8) is 0 Å².